The zero-order valence-corrected chi connectivity index (χ0v) is 19.8. The van der Waals surface area contributed by atoms with E-state index in [1.807, 2.05) is 52.0 Å². The molecule has 0 fully saturated rings. The third kappa shape index (κ3) is 6.23. The van der Waals surface area contributed by atoms with Gasteiger partial charge in [-0.25, -0.2) is 14.3 Å². The molecule has 190 valence electrons. The molecule has 0 saturated carbocycles. The summed E-state index contributed by atoms with van der Waals surface area (Å²) in [5.41, 5.74) is 4.55. The molecule has 1 amide bonds. The van der Waals surface area contributed by atoms with Crippen LogP contribution >= 0.6 is 0 Å². The zero-order chi connectivity index (χ0) is 26.7. The minimum atomic E-state index is -5.08. The first-order chi connectivity index (χ1) is 16.8. The van der Waals surface area contributed by atoms with Gasteiger partial charge in [-0.15, -0.1) is 0 Å². The molecular weight excluding hydrogens is 481 g/mol. The van der Waals surface area contributed by atoms with Gasteiger partial charge in [0.25, 0.3) is 11.7 Å². The Hall–Kier alpha value is -4.29. The van der Waals surface area contributed by atoms with Crippen molar-refractivity contribution in [2.45, 2.75) is 45.8 Å². The van der Waals surface area contributed by atoms with Crippen molar-refractivity contribution in [1.82, 2.24) is 30.1 Å². The normalized spacial score (nSPS) is 11.6. The maximum absolute atomic E-state index is 12.4. The average molecular weight is 504 g/mol. The van der Waals surface area contributed by atoms with Crippen molar-refractivity contribution in [3.63, 3.8) is 0 Å². The van der Waals surface area contributed by atoms with Crippen LogP contribution in [0.3, 0.4) is 0 Å². The number of rotatable bonds is 4. The van der Waals surface area contributed by atoms with Crippen LogP contribution in [-0.4, -0.2) is 47.9 Å². The molecule has 0 unspecified atom stereocenters. The number of hydrogen-bond donors (Lipinski definition) is 2. The monoisotopic (exact) mass is 504 g/mol. The van der Waals surface area contributed by atoms with Crippen LogP contribution < -0.4 is 5.32 Å². The fourth-order valence-electron chi connectivity index (χ4n) is 2.98. The van der Waals surface area contributed by atoms with Crippen LogP contribution in [0.1, 0.15) is 48.4 Å². The van der Waals surface area contributed by atoms with E-state index in [1.54, 1.807) is 16.9 Å². The summed E-state index contributed by atoms with van der Waals surface area (Å²) in [6.07, 6.45) is -1.59. The Morgan fingerprint density at radius 2 is 1.81 bits per heavy atom. The molecule has 0 spiro atoms. The van der Waals surface area contributed by atoms with Crippen LogP contribution in [-0.2, 0) is 16.8 Å². The molecule has 3 heterocycles. The van der Waals surface area contributed by atoms with E-state index in [0.717, 1.165) is 28.0 Å². The molecule has 1 aromatic carbocycles. The molecule has 0 aliphatic carbocycles. The molecular formula is C23H23F3N6O4. The molecule has 0 bridgehead atoms. The largest absolute Gasteiger partial charge is 0.490 e. The molecule has 2 N–H and O–H groups in total. The van der Waals surface area contributed by atoms with Crippen molar-refractivity contribution in [2.75, 3.05) is 0 Å². The minimum absolute atomic E-state index is 0.0436. The maximum atomic E-state index is 12.4. The lowest BCUT2D eigenvalue weighted by Gasteiger charge is -2.11. The van der Waals surface area contributed by atoms with E-state index in [-0.39, 0.29) is 17.1 Å². The first kappa shape index (κ1) is 26.3. The summed E-state index contributed by atoms with van der Waals surface area (Å²) in [6.45, 7) is 8.24. The highest BCUT2D eigenvalue weighted by atomic mass is 19.4. The second kappa shape index (κ2) is 10.1. The number of alkyl halides is 3. The molecule has 0 radical (unpaired) electrons. The van der Waals surface area contributed by atoms with E-state index >= 15 is 0 Å². The van der Waals surface area contributed by atoms with Gasteiger partial charge in [0.1, 0.15) is 0 Å². The smallest absolute Gasteiger partial charge is 0.475 e. The number of halogens is 3. The number of aromatic nitrogens is 5. The maximum Gasteiger partial charge on any atom is 0.490 e. The van der Waals surface area contributed by atoms with Crippen molar-refractivity contribution < 1.29 is 32.4 Å². The molecule has 0 saturated heterocycles. The van der Waals surface area contributed by atoms with Gasteiger partial charge >= 0.3 is 12.1 Å². The van der Waals surface area contributed by atoms with Gasteiger partial charge in [0.05, 0.1) is 11.9 Å². The topological polar surface area (TPSA) is 136 Å². The second-order valence-electron chi connectivity index (χ2n) is 8.73. The van der Waals surface area contributed by atoms with Crippen LogP contribution in [0, 0.1) is 6.92 Å². The number of nitrogens with one attached hydrogen (secondary N) is 1. The molecule has 36 heavy (non-hydrogen) atoms. The lowest BCUT2D eigenvalue weighted by atomic mass is 9.97. The Kier molecular flexibility index (Phi) is 7.41. The Bertz CT molecular complexity index is 1390. The summed E-state index contributed by atoms with van der Waals surface area (Å²) in [5.74, 6) is -2.64. The quantitative estimate of drug-likeness (QED) is 0.427. The van der Waals surface area contributed by atoms with Gasteiger partial charge in [-0.3, -0.25) is 4.79 Å². The number of carbonyl (C=O) groups excluding carboxylic acids is 1. The van der Waals surface area contributed by atoms with Crippen LogP contribution in [0.2, 0.25) is 0 Å². The number of fused-ring (bicyclic) bond motifs is 1. The number of nitrogens with zero attached hydrogens (tertiary/aromatic N) is 5. The Balaban J connectivity index is 0.000000454. The number of hydrogen-bond acceptors (Lipinski definition) is 7. The van der Waals surface area contributed by atoms with E-state index in [9.17, 15) is 18.0 Å². The van der Waals surface area contributed by atoms with Crippen molar-refractivity contribution in [2.24, 2.45) is 0 Å². The SMILES string of the molecule is Cc1cc(-c2ccnc3ccnn23)ccc1CNC(=O)c1noc(C(C)(C)C)n1.O=C(O)C(F)(F)F. The number of aryl methyl sites for hydroxylation is 1. The van der Waals surface area contributed by atoms with E-state index in [4.69, 9.17) is 14.4 Å². The number of benzene rings is 1. The summed E-state index contributed by atoms with van der Waals surface area (Å²) < 4.78 is 38.7. The van der Waals surface area contributed by atoms with Gasteiger partial charge in [-0.05, 0) is 30.2 Å². The van der Waals surface area contributed by atoms with Crippen molar-refractivity contribution in [1.29, 1.82) is 0 Å². The molecule has 3 aromatic heterocycles. The lowest BCUT2D eigenvalue weighted by molar-refractivity contribution is -0.192. The first-order valence-electron chi connectivity index (χ1n) is 10.6. The standard InChI is InChI=1S/C21H22N6O2.C2HF3O2/c1-13-11-14(16-7-9-22-17-8-10-24-27(16)17)5-6-15(13)12-23-19(28)18-25-20(29-26-18)21(2,3)4;3-2(4,5)1(6)7/h5-11H,12H2,1-4H3,(H,23,28);(H,6,7). The Morgan fingerprint density at radius 3 is 2.39 bits per heavy atom. The van der Waals surface area contributed by atoms with Gasteiger partial charge in [-0.1, -0.05) is 38.1 Å². The highest BCUT2D eigenvalue weighted by Gasteiger charge is 2.38. The van der Waals surface area contributed by atoms with E-state index < -0.39 is 12.1 Å². The summed E-state index contributed by atoms with van der Waals surface area (Å²) in [4.78, 5) is 29.7. The molecule has 4 rings (SSSR count). The van der Waals surface area contributed by atoms with Crippen molar-refractivity contribution >= 4 is 17.5 Å². The number of amides is 1. The fourth-order valence-corrected chi connectivity index (χ4v) is 2.98. The highest BCUT2D eigenvalue weighted by Crippen LogP contribution is 2.23. The Labute approximate surface area is 203 Å². The van der Waals surface area contributed by atoms with Crippen LogP contribution in [0.4, 0.5) is 13.2 Å². The summed E-state index contributed by atoms with van der Waals surface area (Å²) in [5, 5.41) is 18.1. The predicted molar refractivity (Wildman–Crippen MR) is 121 cm³/mol. The minimum Gasteiger partial charge on any atom is -0.475 e. The van der Waals surface area contributed by atoms with Crippen LogP contribution in [0.5, 0.6) is 0 Å². The second-order valence-corrected chi connectivity index (χ2v) is 8.73. The van der Waals surface area contributed by atoms with E-state index in [2.05, 4.69) is 31.6 Å². The van der Waals surface area contributed by atoms with Gasteiger partial charge in [0, 0.05) is 29.8 Å². The third-order valence-corrected chi connectivity index (χ3v) is 4.88. The molecule has 0 aliphatic rings. The molecule has 0 atom stereocenters. The molecule has 0 aliphatic heterocycles. The molecule has 4 aromatic rings. The molecule has 10 nitrogen and oxygen atoms in total. The zero-order valence-electron chi connectivity index (χ0n) is 19.8. The van der Waals surface area contributed by atoms with Crippen LogP contribution in [0.15, 0.2) is 47.2 Å². The average Bonchev–Trinajstić information content (AvgIpc) is 3.47. The summed E-state index contributed by atoms with van der Waals surface area (Å²) >= 11 is 0. The highest BCUT2D eigenvalue weighted by molar-refractivity contribution is 5.90. The van der Waals surface area contributed by atoms with Crippen molar-refractivity contribution in [3.8, 4) is 11.3 Å². The number of carboxylic acids is 1. The third-order valence-electron chi connectivity index (χ3n) is 4.88. The van der Waals surface area contributed by atoms with Crippen molar-refractivity contribution in [3.05, 3.63) is 65.6 Å². The van der Waals surface area contributed by atoms with Crippen LogP contribution in [0.25, 0.3) is 16.9 Å². The van der Waals surface area contributed by atoms with Gasteiger partial charge in [0.2, 0.25) is 5.89 Å². The summed E-state index contributed by atoms with van der Waals surface area (Å²) in [7, 11) is 0. The van der Waals surface area contributed by atoms with Gasteiger partial charge < -0.3 is 14.9 Å². The first-order valence-corrected chi connectivity index (χ1v) is 10.6. The summed E-state index contributed by atoms with van der Waals surface area (Å²) in [6, 6.07) is 9.88. The van der Waals surface area contributed by atoms with Gasteiger partial charge in [0.15, 0.2) is 5.65 Å². The predicted octanol–water partition coefficient (Wildman–Crippen LogP) is 3.95. The molecule has 13 heteroatoms. The van der Waals surface area contributed by atoms with Gasteiger partial charge in [-0.2, -0.15) is 23.3 Å². The number of carboxylic acid groups (broad SMARTS) is 1. The lowest BCUT2D eigenvalue weighted by Crippen LogP contribution is -2.24. The van der Waals surface area contributed by atoms with E-state index in [1.165, 1.54) is 0 Å². The number of aliphatic carboxylic acids is 1. The Morgan fingerprint density at radius 1 is 1.11 bits per heavy atom. The fraction of sp³-hybridized carbons (Fsp3) is 0.304. The van der Waals surface area contributed by atoms with E-state index in [0.29, 0.717) is 12.4 Å². The number of carbonyl (C=O) groups is 2.